The number of para-hydroxylation sites is 1. The fourth-order valence-corrected chi connectivity index (χ4v) is 4.31. The number of benzene rings is 2. The van der Waals surface area contributed by atoms with E-state index in [0.29, 0.717) is 11.5 Å². The molecule has 0 aliphatic rings. The van der Waals surface area contributed by atoms with Crippen LogP contribution in [0.2, 0.25) is 0 Å². The number of hydrogen-bond donors (Lipinski definition) is 2. The van der Waals surface area contributed by atoms with Crippen LogP contribution >= 0.6 is 0 Å². The summed E-state index contributed by atoms with van der Waals surface area (Å²) in [7, 11) is 3.25. The molecule has 0 spiro atoms. The van der Waals surface area contributed by atoms with Crippen LogP contribution in [0.5, 0.6) is 11.5 Å². The fourth-order valence-electron chi connectivity index (χ4n) is 4.31. The van der Waals surface area contributed by atoms with E-state index in [1.807, 2.05) is 18.2 Å². The molecule has 0 saturated carbocycles. The summed E-state index contributed by atoms with van der Waals surface area (Å²) in [6, 6.07) is 16.9. The van der Waals surface area contributed by atoms with Crippen LogP contribution in [0.4, 0.5) is 0 Å². The van der Waals surface area contributed by atoms with Crippen molar-refractivity contribution in [2.24, 2.45) is 5.92 Å². The van der Waals surface area contributed by atoms with Crippen molar-refractivity contribution in [3.05, 3.63) is 59.8 Å². The maximum absolute atomic E-state index is 10.2. The van der Waals surface area contributed by atoms with Gasteiger partial charge in [0.25, 0.3) is 0 Å². The van der Waals surface area contributed by atoms with E-state index in [-0.39, 0.29) is 5.92 Å². The first-order valence-corrected chi connectivity index (χ1v) is 10.9. The van der Waals surface area contributed by atoms with Crippen molar-refractivity contribution in [1.29, 1.82) is 5.26 Å². The van der Waals surface area contributed by atoms with E-state index < -0.39 is 5.41 Å². The van der Waals surface area contributed by atoms with E-state index in [2.05, 4.69) is 60.7 Å². The Morgan fingerprint density at radius 3 is 2.55 bits per heavy atom. The average Bonchev–Trinajstić information content (AvgIpc) is 3.21. The highest BCUT2D eigenvalue weighted by atomic mass is 16.5. The van der Waals surface area contributed by atoms with Gasteiger partial charge in [0.1, 0.15) is 0 Å². The first kappa shape index (κ1) is 22.7. The minimum Gasteiger partial charge on any atom is -0.493 e. The molecule has 1 aromatic heterocycles. The fraction of sp³-hybridized carbons (Fsp3) is 0.423. The van der Waals surface area contributed by atoms with Crippen LogP contribution in [-0.2, 0) is 11.8 Å². The zero-order valence-corrected chi connectivity index (χ0v) is 19.0. The molecule has 0 aliphatic carbocycles. The highest BCUT2D eigenvalue weighted by Gasteiger charge is 2.36. The zero-order chi connectivity index (χ0) is 22.3. The second-order valence-corrected chi connectivity index (χ2v) is 8.27. The molecule has 1 atom stereocenters. The summed E-state index contributed by atoms with van der Waals surface area (Å²) in [5.41, 5.74) is 2.95. The Hall–Kier alpha value is -2.97. The second-order valence-electron chi connectivity index (χ2n) is 8.27. The number of rotatable bonds is 11. The number of H-pyrrole nitrogens is 1. The summed E-state index contributed by atoms with van der Waals surface area (Å²) in [5, 5.41) is 15.0. The Morgan fingerprint density at radius 1 is 1.06 bits per heavy atom. The van der Waals surface area contributed by atoms with E-state index in [9.17, 15) is 5.26 Å². The molecule has 0 aliphatic heterocycles. The summed E-state index contributed by atoms with van der Waals surface area (Å²) < 4.78 is 10.8. The van der Waals surface area contributed by atoms with Crippen molar-refractivity contribution in [2.45, 2.75) is 38.5 Å². The molecular weight excluding hydrogens is 386 g/mol. The van der Waals surface area contributed by atoms with E-state index in [1.54, 1.807) is 14.2 Å². The Morgan fingerprint density at radius 2 is 1.84 bits per heavy atom. The summed E-state index contributed by atoms with van der Waals surface area (Å²) in [6.45, 7) is 6.03. The quantitative estimate of drug-likeness (QED) is 0.418. The van der Waals surface area contributed by atoms with Crippen LogP contribution in [0.15, 0.2) is 48.7 Å². The number of methoxy groups -OCH3 is 2. The summed E-state index contributed by atoms with van der Waals surface area (Å²) in [5.74, 6) is 1.53. The number of nitriles is 1. The molecule has 3 rings (SSSR count). The molecule has 0 fully saturated rings. The second kappa shape index (κ2) is 10.4. The van der Waals surface area contributed by atoms with Gasteiger partial charge in [-0.2, -0.15) is 5.26 Å². The van der Waals surface area contributed by atoms with E-state index in [0.717, 1.165) is 37.9 Å². The van der Waals surface area contributed by atoms with Crippen molar-refractivity contribution >= 4 is 10.9 Å². The number of nitrogens with one attached hydrogen (secondary N) is 2. The monoisotopic (exact) mass is 419 g/mol. The first-order chi connectivity index (χ1) is 15.1. The normalized spacial score (nSPS) is 13.2. The van der Waals surface area contributed by atoms with Crippen molar-refractivity contribution in [2.75, 3.05) is 27.3 Å². The van der Waals surface area contributed by atoms with Gasteiger partial charge in [-0.15, -0.1) is 0 Å². The van der Waals surface area contributed by atoms with E-state index in [4.69, 9.17) is 9.47 Å². The standard InChI is InChI=1S/C26H33N3O2/c1-19(2)26(18-27,21-10-11-24(30-3)25(16-21)31-4)13-7-14-28-15-12-20-17-29-23-9-6-5-8-22(20)23/h5-6,8-11,16-17,19,28-29H,7,12-15H2,1-4H3/t26-/m0/s1. The van der Waals surface area contributed by atoms with E-state index >= 15 is 0 Å². The van der Waals surface area contributed by atoms with Gasteiger partial charge in [0.05, 0.1) is 25.7 Å². The number of fused-ring (bicyclic) bond motifs is 1. The third kappa shape index (κ3) is 4.86. The van der Waals surface area contributed by atoms with Gasteiger partial charge in [0.2, 0.25) is 0 Å². The van der Waals surface area contributed by atoms with Crippen LogP contribution in [0.1, 0.15) is 37.8 Å². The van der Waals surface area contributed by atoms with Gasteiger partial charge in [-0.3, -0.25) is 0 Å². The Bertz CT molecular complexity index is 1030. The lowest BCUT2D eigenvalue weighted by atomic mass is 9.70. The van der Waals surface area contributed by atoms with Crippen LogP contribution in [0.3, 0.4) is 0 Å². The predicted octanol–water partition coefficient (Wildman–Crippen LogP) is 5.21. The van der Waals surface area contributed by atoms with E-state index in [1.165, 1.54) is 16.5 Å². The average molecular weight is 420 g/mol. The molecular formula is C26H33N3O2. The zero-order valence-electron chi connectivity index (χ0n) is 19.0. The molecule has 0 saturated heterocycles. The molecule has 0 bridgehead atoms. The smallest absolute Gasteiger partial charge is 0.161 e. The first-order valence-electron chi connectivity index (χ1n) is 10.9. The van der Waals surface area contributed by atoms with Gasteiger partial charge in [-0.05, 0) is 67.6 Å². The molecule has 31 heavy (non-hydrogen) atoms. The molecule has 5 heteroatoms. The number of hydrogen-bond acceptors (Lipinski definition) is 4. The topological polar surface area (TPSA) is 70.1 Å². The Balaban J connectivity index is 1.59. The Kier molecular flexibility index (Phi) is 7.59. The summed E-state index contributed by atoms with van der Waals surface area (Å²) in [6.07, 6.45) is 4.79. The minimum absolute atomic E-state index is 0.182. The predicted molar refractivity (Wildman–Crippen MR) is 126 cm³/mol. The lowest BCUT2D eigenvalue weighted by molar-refractivity contribution is 0.341. The summed E-state index contributed by atoms with van der Waals surface area (Å²) >= 11 is 0. The maximum atomic E-state index is 10.2. The lowest BCUT2D eigenvalue weighted by Crippen LogP contribution is -2.32. The van der Waals surface area contributed by atoms with Gasteiger partial charge in [-0.25, -0.2) is 0 Å². The lowest BCUT2D eigenvalue weighted by Gasteiger charge is -2.32. The van der Waals surface area contributed by atoms with Crippen molar-refractivity contribution in [3.8, 4) is 17.6 Å². The molecule has 0 radical (unpaired) electrons. The van der Waals surface area contributed by atoms with Crippen LogP contribution in [0.25, 0.3) is 10.9 Å². The van der Waals surface area contributed by atoms with Gasteiger partial charge < -0.3 is 19.8 Å². The third-order valence-corrected chi connectivity index (χ3v) is 6.25. The number of nitrogens with zero attached hydrogens (tertiary/aromatic N) is 1. The minimum atomic E-state index is -0.557. The molecule has 5 nitrogen and oxygen atoms in total. The summed E-state index contributed by atoms with van der Waals surface area (Å²) in [4.78, 5) is 3.33. The van der Waals surface area contributed by atoms with Crippen molar-refractivity contribution < 1.29 is 9.47 Å². The number of aromatic amines is 1. The van der Waals surface area contributed by atoms with Crippen molar-refractivity contribution in [1.82, 2.24) is 10.3 Å². The molecule has 0 amide bonds. The molecule has 0 unspecified atom stereocenters. The van der Waals surface area contributed by atoms with Gasteiger partial charge in [0.15, 0.2) is 11.5 Å². The van der Waals surface area contributed by atoms with Gasteiger partial charge >= 0.3 is 0 Å². The molecule has 1 heterocycles. The molecule has 2 N–H and O–H groups in total. The maximum Gasteiger partial charge on any atom is 0.161 e. The number of ether oxygens (including phenoxy) is 2. The molecule has 164 valence electrons. The Labute approximate surface area is 185 Å². The van der Waals surface area contributed by atoms with Crippen LogP contribution in [-0.4, -0.2) is 32.3 Å². The van der Waals surface area contributed by atoms with Crippen molar-refractivity contribution in [3.63, 3.8) is 0 Å². The van der Waals surface area contributed by atoms with Gasteiger partial charge in [-0.1, -0.05) is 38.1 Å². The van der Waals surface area contributed by atoms with Gasteiger partial charge in [0, 0.05) is 17.1 Å². The largest absolute Gasteiger partial charge is 0.493 e. The number of aromatic nitrogens is 1. The van der Waals surface area contributed by atoms with Crippen LogP contribution in [0, 0.1) is 17.2 Å². The van der Waals surface area contributed by atoms with Crippen LogP contribution < -0.4 is 14.8 Å². The SMILES string of the molecule is COc1ccc([C@](C#N)(CCCNCCc2c[nH]c3ccccc23)C(C)C)cc1OC. The highest BCUT2D eigenvalue weighted by Crippen LogP contribution is 2.40. The molecule has 2 aromatic carbocycles. The third-order valence-electron chi connectivity index (χ3n) is 6.25. The highest BCUT2D eigenvalue weighted by molar-refractivity contribution is 5.83. The molecule has 3 aromatic rings.